The third kappa shape index (κ3) is 2.63. The second-order valence-corrected chi connectivity index (χ2v) is 7.73. The Morgan fingerprint density at radius 2 is 1.05 bits per heavy atom. The highest BCUT2D eigenvalue weighted by Crippen LogP contribution is 2.09. The van der Waals surface area contributed by atoms with Gasteiger partial charge in [0.25, 0.3) is 0 Å². The molecule has 0 heterocycles. The molecule has 0 spiro atoms. The summed E-state index contributed by atoms with van der Waals surface area (Å²) in [7, 11) is -3.59. The Bertz CT molecular complexity index is 565. The fourth-order valence-corrected chi connectivity index (χ4v) is 4.72. The van der Waals surface area contributed by atoms with Crippen molar-refractivity contribution in [3.8, 4) is 0 Å². The molecular weight excluding hydrogens is 252 g/mol. The first-order chi connectivity index (χ1) is 8.82. The van der Waals surface area contributed by atoms with Crippen molar-refractivity contribution < 1.29 is 9.59 Å². The monoisotopic (exact) mass is 272 g/mol. The zero-order chi connectivity index (χ0) is 14.2. The van der Waals surface area contributed by atoms with E-state index in [4.69, 9.17) is 0 Å². The predicted octanol–water partition coefficient (Wildman–Crippen LogP) is 1.46. The molecule has 0 amide bonds. The van der Waals surface area contributed by atoms with Gasteiger partial charge in [-0.15, -0.1) is 0 Å². The van der Waals surface area contributed by atoms with E-state index >= 15 is 0 Å². The first kappa shape index (κ1) is 14.0. The van der Waals surface area contributed by atoms with Gasteiger partial charge in [0.05, 0.1) is 0 Å². The summed E-state index contributed by atoms with van der Waals surface area (Å²) < 4.78 is 0. The first-order valence-corrected chi connectivity index (χ1v) is 8.32. The molecule has 2 rings (SSSR count). The molecule has 0 atom stereocenters. The van der Waals surface area contributed by atoms with E-state index in [1.54, 1.807) is 0 Å². The number of rotatable bonds is 2. The zero-order valence-corrected chi connectivity index (χ0v) is 12.9. The highest BCUT2D eigenvalue weighted by Gasteiger charge is 2.37. The van der Waals surface area contributed by atoms with E-state index in [1.807, 2.05) is 64.1 Å². The fraction of sp³-hybridized carbons (Fsp3) is 0.250. The standard InChI is InChI=1S/C16H20O2Si/c1-11-5-7-15(13(3)9-11)19(17,18)16-8-6-12(2)10-14(16)4/h5-10,17-18H,1-4H3. The third-order valence-electron chi connectivity index (χ3n) is 3.51. The summed E-state index contributed by atoms with van der Waals surface area (Å²) in [6.07, 6.45) is 0. The van der Waals surface area contributed by atoms with Gasteiger partial charge < -0.3 is 9.59 Å². The van der Waals surface area contributed by atoms with E-state index in [2.05, 4.69) is 0 Å². The van der Waals surface area contributed by atoms with E-state index in [0.717, 1.165) is 22.3 Å². The fourth-order valence-electron chi connectivity index (χ4n) is 2.55. The molecule has 19 heavy (non-hydrogen) atoms. The summed E-state index contributed by atoms with van der Waals surface area (Å²) in [5.74, 6) is 0. The van der Waals surface area contributed by atoms with Crippen molar-refractivity contribution in [2.75, 3.05) is 0 Å². The van der Waals surface area contributed by atoms with E-state index in [-0.39, 0.29) is 0 Å². The molecule has 100 valence electrons. The second kappa shape index (κ2) is 4.93. The van der Waals surface area contributed by atoms with E-state index in [0.29, 0.717) is 10.4 Å². The van der Waals surface area contributed by atoms with E-state index in [1.165, 1.54) is 0 Å². The summed E-state index contributed by atoms with van der Waals surface area (Å²) in [6.45, 7) is 7.87. The summed E-state index contributed by atoms with van der Waals surface area (Å²) >= 11 is 0. The Morgan fingerprint density at radius 1 is 0.684 bits per heavy atom. The average molecular weight is 272 g/mol. The van der Waals surface area contributed by atoms with Gasteiger partial charge in [0.1, 0.15) is 0 Å². The van der Waals surface area contributed by atoms with Crippen molar-refractivity contribution in [3.63, 3.8) is 0 Å². The molecule has 3 heteroatoms. The Labute approximate surface area is 115 Å². The van der Waals surface area contributed by atoms with Gasteiger partial charge >= 0.3 is 8.56 Å². The maximum atomic E-state index is 10.7. The molecule has 2 aromatic carbocycles. The molecule has 2 aromatic rings. The lowest BCUT2D eigenvalue weighted by Crippen LogP contribution is -2.60. The largest absolute Gasteiger partial charge is 0.404 e. The van der Waals surface area contributed by atoms with Crippen LogP contribution in [-0.4, -0.2) is 18.2 Å². The summed E-state index contributed by atoms with van der Waals surface area (Å²) in [4.78, 5) is 21.4. The van der Waals surface area contributed by atoms with Gasteiger partial charge in [-0.1, -0.05) is 47.5 Å². The van der Waals surface area contributed by atoms with Crippen molar-refractivity contribution in [1.29, 1.82) is 0 Å². The van der Waals surface area contributed by atoms with Gasteiger partial charge in [-0.3, -0.25) is 0 Å². The minimum absolute atomic E-state index is 0.671. The maximum Gasteiger partial charge on any atom is 0.402 e. The van der Waals surface area contributed by atoms with Crippen molar-refractivity contribution in [3.05, 3.63) is 58.7 Å². The predicted molar refractivity (Wildman–Crippen MR) is 81.3 cm³/mol. The van der Waals surface area contributed by atoms with E-state index < -0.39 is 8.56 Å². The van der Waals surface area contributed by atoms with Crippen LogP contribution in [0.5, 0.6) is 0 Å². The van der Waals surface area contributed by atoms with Crippen molar-refractivity contribution in [2.45, 2.75) is 27.7 Å². The third-order valence-corrected chi connectivity index (χ3v) is 6.14. The highest BCUT2D eigenvalue weighted by atomic mass is 28.4. The number of hydrogen-bond acceptors (Lipinski definition) is 2. The summed E-state index contributed by atoms with van der Waals surface area (Å²) in [5, 5.41) is 1.34. The van der Waals surface area contributed by atoms with Crippen LogP contribution in [0.3, 0.4) is 0 Å². The lowest BCUT2D eigenvalue weighted by molar-refractivity contribution is 0.401. The number of hydrogen-bond donors (Lipinski definition) is 2. The van der Waals surface area contributed by atoms with Crippen LogP contribution in [-0.2, 0) is 0 Å². The molecule has 0 bridgehead atoms. The van der Waals surface area contributed by atoms with Gasteiger partial charge in [0, 0.05) is 10.4 Å². The molecule has 0 aliphatic rings. The molecule has 0 unspecified atom stereocenters. The molecule has 2 nitrogen and oxygen atoms in total. The minimum Gasteiger partial charge on any atom is -0.404 e. The molecule has 0 saturated carbocycles. The van der Waals surface area contributed by atoms with Gasteiger partial charge in [0.2, 0.25) is 0 Å². The van der Waals surface area contributed by atoms with Gasteiger partial charge in [-0.25, -0.2) is 0 Å². The number of aryl methyl sites for hydroxylation is 4. The smallest absolute Gasteiger partial charge is 0.402 e. The van der Waals surface area contributed by atoms with Crippen LogP contribution in [0.1, 0.15) is 22.3 Å². The Morgan fingerprint density at radius 3 is 1.37 bits per heavy atom. The number of benzene rings is 2. The SMILES string of the molecule is Cc1ccc([Si](O)(O)c2ccc(C)cc2C)c(C)c1. The van der Waals surface area contributed by atoms with Crippen LogP contribution in [0.4, 0.5) is 0 Å². The molecule has 0 radical (unpaired) electrons. The highest BCUT2D eigenvalue weighted by molar-refractivity contribution is 6.91. The van der Waals surface area contributed by atoms with Crippen LogP contribution >= 0.6 is 0 Å². The zero-order valence-electron chi connectivity index (χ0n) is 11.9. The van der Waals surface area contributed by atoms with Gasteiger partial charge in [-0.05, 0) is 38.8 Å². The van der Waals surface area contributed by atoms with Crippen LogP contribution < -0.4 is 10.4 Å². The molecule has 0 aromatic heterocycles. The molecule has 0 saturated heterocycles. The first-order valence-electron chi connectivity index (χ1n) is 6.42. The maximum absolute atomic E-state index is 10.7. The van der Waals surface area contributed by atoms with Crippen LogP contribution in [0.2, 0.25) is 0 Å². The van der Waals surface area contributed by atoms with Crippen molar-refractivity contribution in [2.24, 2.45) is 0 Å². The van der Waals surface area contributed by atoms with Crippen molar-refractivity contribution in [1.82, 2.24) is 0 Å². The van der Waals surface area contributed by atoms with Crippen LogP contribution in [0.15, 0.2) is 36.4 Å². The van der Waals surface area contributed by atoms with E-state index in [9.17, 15) is 9.59 Å². The van der Waals surface area contributed by atoms with Crippen molar-refractivity contribution >= 4 is 18.9 Å². The molecule has 2 N–H and O–H groups in total. The molecule has 0 aliphatic carbocycles. The van der Waals surface area contributed by atoms with Gasteiger partial charge in [0.15, 0.2) is 0 Å². The van der Waals surface area contributed by atoms with Crippen LogP contribution in [0, 0.1) is 27.7 Å². The Kier molecular flexibility index (Phi) is 3.63. The topological polar surface area (TPSA) is 40.5 Å². The quantitative estimate of drug-likeness (QED) is 0.813. The lowest BCUT2D eigenvalue weighted by atomic mass is 10.1. The Balaban J connectivity index is 2.58. The Hall–Kier alpha value is -1.42. The normalized spacial score (nSPS) is 11.7. The molecule has 0 aliphatic heterocycles. The van der Waals surface area contributed by atoms with Gasteiger partial charge in [-0.2, -0.15) is 0 Å². The average Bonchev–Trinajstić information content (AvgIpc) is 2.27. The lowest BCUT2D eigenvalue weighted by Gasteiger charge is -2.23. The molecule has 0 fully saturated rings. The second-order valence-electron chi connectivity index (χ2n) is 5.31. The van der Waals surface area contributed by atoms with Crippen LogP contribution in [0.25, 0.3) is 0 Å². The molecular formula is C16H20O2Si. The summed E-state index contributed by atoms with van der Waals surface area (Å²) in [5.41, 5.74) is 4.15. The summed E-state index contributed by atoms with van der Waals surface area (Å²) in [6, 6.07) is 11.5. The minimum atomic E-state index is -3.59.